The topological polar surface area (TPSA) is 24.5 Å². The second-order valence-electron chi connectivity index (χ2n) is 7.71. The molecular weight excluding hydrogens is 443 g/mol. The van der Waals surface area contributed by atoms with Gasteiger partial charge in [-0.25, -0.2) is 4.39 Å². The van der Waals surface area contributed by atoms with E-state index in [1.807, 2.05) is 18.2 Å². The molecule has 0 unspecified atom stereocenters. The van der Waals surface area contributed by atoms with Crippen molar-refractivity contribution in [3.8, 4) is 5.75 Å². The second kappa shape index (κ2) is 14.6. The summed E-state index contributed by atoms with van der Waals surface area (Å²) in [7, 11) is 0. The smallest absolute Gasteiger partial charge is 0.129 e. The van der Waals surface area contributed by atoms with E-state index in [0.29, 0.717) is 5.56 Å². The van der Waals surface area contributed by atoms with E-state index >= 15 is 0 Å². The number of hydrogen-bond acceptors (Lipinski definition) is 3. The Morgan fingerprint density at radius 2 is 1.63 bits per heavy atom. The maximum absolute atomic E-state index is 13.9. The van der Waals surface area contributed by atoms with Crippen LogP contribution in [0.15, 0.2) is 46.9 Å². The Bertz CT molecular complexity index is 733. The standard InChI is InChI=1S/C25H36BrFN2O/c1-3-5-15-29(16-6-4-2)17-9-14-28-19-22-18-23(26)12-13-25(22)30-20-21-10-7-8-11-24(21)27/h7-8,10-13,18,28H,3-6,9,14-17,19-20H2,1-2H3. The molecule has 0 heterocycles. The molecule has 0 aliphatic heterocycles. The number of rotatable bonds is 15. The Labute approximate surface area is 190 Å². The normalized spacial score (nSPS) is 11.2. The van der Waals surface area contributed by atoms with Crippen molar-refractivity contribution in [3.05, 3.63) is 63.9 Å². The molecule has 0 fully saturated rings. The van der Waals surface area contributed by atoms with E-state index in [0.717, 1.165) is 41.8 Å². The Morgan fingerprint density at radius 3 is 2.33 bits per heavy atom. The fourth-order valence-electron chi connectivity index (χ4n) is 3.35. The molecule has 2 aromatic rings. The molecule has 1 N–H and O–H groups in total. The molecular formula is C25H36BrFN2O. The predicted molar refractivity (Wildman–Crippen MR) is 127 cm³/mol. The molecule has 0 aliphatic rings. The van der Waals surface area contributed by atoms with Crippen molar-refractivity contribution >= 4 is 15.9 Å². The van der Waals surface area contributed by atoms with Crippen LogP contribution in [-0.2, 0) is 13.2 Å². The van der Waals surface area contributed by atoms with Crippen LogP contribution in [0.25, 0.3) is 0 Å². The first-order chi connectivity index (χ1) is 14.6. The molecule has 30 heavy (non-hydrogen) atoms. The summed E-state index contributed by atoms with van der Waals surface area (Å²) in [5, 5.41) is 3.54. The lowest BCUT2D eigenvalue weighted by molar-refractivity contribution is 0.260. The highest BCUT2D eigenvalue weighted by Crippen LogP contribution is 2.24. The minimum atomic E-state index is -0.231. The molecule has 0 spiro atoms. The molecule has 0 atom stereocenters. The van der Waals surface area contributed by atoms with Crippen molar-refractivity contribution < 1.29 is 9.13 Å². The number of nitrogens with zero attached hydrogens (tertiary/aromatic N) is 1. The van der Waals surface area contributed by atoms with Crippen LogP contribution in [0.1, 0.15) is 57.1 Å². The molecule has 0 aromatic heterocycles. The average molecular weight is 479 g/mol. The zero-order valence-corrected chi connectivity index (χ0v) is 20.0. The van der Waals surface area contributed by atoms with Gasteiger partial charge < -0.3 is 15.0 Å². The zero-order valence-electron chi connectivity index (χ0n) is 18.4. The maximum Gasteiger partial charge on any atom is 0.129 e. The van der Waals surface area contributed by atoms with E-state index in [9.17, 15) is 4.39 Å². The van der Waals surface area contributed by atoms with Crippen molar-refractivity contribution in [2.24, 2.45) is 0 Å². The van der Waals surface area contributed by atoms with E-state index in [4.69, 9.17) is 4.74 Å². The van der Waals surface area contributed by atoms with Gasteiger partial charge in [-0.15, -0.1) is 0 Å². The van der Waals surface area contributed by atoms with Crippen LogP contribution in [0.2, 0.25) is 0 Å². The van der Waals surface area contributed by atoms with Gasteiger partial charge in [0.15, 0.2) is 0 Å². The molecule has 0 bridgehead atoms. The Balaban J connectivity index is 1.81. The first-order valence-electron chi connectivity index (χ1n) is 11.2. The van der Waals surface area contributed by atoms with Crippen LogP contribution >= 0.6 is 15.9 Å². The Hall–Kier alpha value is -1.43. The summed E-state index contributed by atoms with van der Waals surface area (Å²) in [5.74, 6) is 0.562. The highest BCUT2D eigenvalue weighted by Gasteiger charge is 2.08. The molecule has 2 rings (SSSR count). The summed E-state index contributed by atoms with van der Waals surface area (Å²) < 4.78 is 20.8. The molecule has 0 aliphatic carbocycles. The van der Waals surface area contributed by atoms with Gasteiger partial charge in [-0.2, -0.15) is 0 Å². The van der Waals surface area contributed by atoms with Gasteiger partial charge in [-0.05, 0) is 69.7 Å². The van der Waals surface area contributed by atoms with Crippen LogP contribution in [0.3, 0.4) is 0 Å². The van der Waals surface area contributed by atoms with Crippen molar-refractivity contribution in [2.75, 3.05) is 26.2 Å². The number of nitrogens with one attached hydrogen (secondary N) is 1. The van der Waals surface area contributed by atoms with E-state index in [1.54, 1.807) is 12.1 Å². The molecule has 0 amide bonds. The fourth-order valence-corrected chi connectivity index (χ4v) is 3.76. The number of ether oxygens (including phenoxy) is 1. The lowest BCUT2D eigenvalue weighted by Gasteiger charge is -2.22. The number of hydrogen-bond donors (Lipinski definition) is 1. The van der Waals surface area contributed by atoms with Crippen LogP contribution < -0.4 is 10.1 Å². The first-order valence-corrected chi connectivity index (χ1v) is 12.0. The van der Waals surface area contributed by atoms with E-state index in [1.165, 1.54) is 44.8 Å². The van der Waals surface area contributed by atoms with Crippen LogP contribution in [0.5, 0.6) is 5.75 Å². The van der Waals surface area contributed by atoms with Gasteiger partial charge in [0.2, 0.25) is 0 Å². The summed E-state index contributed by atoms with van der Waals surface area (Å²) in [6.45, 7) is 9.98. The summed E-state index contributed by atoms with van der Waals surface area (Å²) in [6, 6.07) is 12.7. The quantitative estimate of drug-likeness (QED) is 0.293. The van der Waals surface area contributed by atoms with E-state index in [2.05, 4.69) is 46.1 Å². The number of halogens is 2. The largest absolute Gasteiger partial charge is 0.488 e. The summed E-state index contributed by atoms with van der Waals surface area (Å²) in [5.41, 5.74) is 1.65. The molecule has 0 saturated carbocycles. The second-order valence-corrected chi connectivity index (χ2v) is 8.63. The summed E-state index contributed by atoms with van der Waals surface area (Å²) >= 11 is 3.54. The van der Waals surface area contributed by atoms with Gasteiger partial charge in [-0.1, -0.05) is 60.8 Å². The van der Waals surface area contributed by atoms with Crippen molar-refractivity contribution in [3.63, 3.8) is 0 Å². The number of benzene rings is 2. The van der Waals surface area contributed by atoms with Crippen molar-refractivity contribution in [1.82, 2.24) is 10.2 Å². The van der Waals surface area contributed by atoms with Crippen molar-refractivity contribution in [1.29, 1.82) is 0 Å². The predicted octanol–water partition coefficient (Wildman–Crippen LogP) is 6.55. The van der Waals surface area contributed by atoms with Gasteiger partial charge in [0.05, 0.1) is 0 Å². The molecule has 5 heteroatoms. The van der Waals surface area contributed by atoms with Gasteiger partial charge in [-0.3, -0.25) is 0 Å². The Kier molecular flexibility index (Phi) is 12.0. The van der Waals surface area contributed by atoms with Crippen LogP contribution in [0.4, 0.5) is 4.39 Å². The van der Waals surface area contributed by atoms with E-state index < -0.39 is 0 Å². The first kappa shape index (κ1) is 24.8. The third kappa shape index (κ3) is 9.15. The van der Waals surface area contributed by atoms with Crippen LogP contribution in [-0.4, -0.2) is 31.1 Å². The van der Waals surface area contributed by atoms with Gasteiger partial charge >= 0.3 is 0 Å². The Morgan fingerprint density at radius 1 is 0.933 bits per heavy atom. The highest BCUT2D eigenvalue weighted by molar-refractivity contribution is 9.10. The third-order valence-corrected chi connectivity index (χ3v) is 5.66. The average Bonchev–Trinajstić information content (AvgIpc) is 2.75. The minimum absolute atomic E-state index is 0.227. The zero-order chi connectivity index (χ0) is 21.6. The molecule has 2 aromatic carbocycles. The summed E-state index contributed by atoms with van der Waals surface area (Å²) in [4.78, 5) is 2.59. The molecule has 166 valence electrons. The molecule has 3 nitrogen and oxygen atoms in total. The SMILES string of the molecule is CCCCN(CCCC)CCCNCc1cc(Br)ccc1OCc1ccccc1F. The maximum atomic E-state index is 13.9. The fraction of sp³-hybridized carbons (Fsp3) is 0.520. The monoisotopic (exact) mass is 478 g/mol. The molecule has 0 radical (unpaired) electrons. The lowest BCUT2D eigenvalue weighted by Crippen LogP contribution is -2.29. The van der Waals surface area contributed by atoms with E-state index in [-0.39, 0.29) is 12.4 Å². The van der Waals surface area contributed by atoms with Crippen molar-refractivity contribution in [2.45, 2.75) is 59.1 Å². The van der Waals surface area contributed by atoms with Gasteiger partial charge in [0.25, 0.3) is 0 Å². The molecule has 0 saturated heterocycles. The number of unbranched alkanes of at least 4 members (excludes halogenated alkanes) is 2. The van der Waals surface area contributed by atoms with Gasteiger partial charge in [0.1, 0.15) is 18.2 Å². The van der Waals surface area contributed by atoms with Gasteiger partial charge in [0, 0.05) is 22.1 Å². The minimum Gasteiger partial charge on any atom is -0.488 e. The highest BCUT2D eigenvalue weighted by atomic mass is 79.9. The van der Waals surface area contributed by atoms with Crippen LogP contribution in [0, 0.1) is 5.82 Å². The third-order valence-electron chi connectivity index (χ3n) is 5.16. The summed E-state index contributed by atoms with van der Waals surface area (Å²) in [6.07, 6.45) is 6.18. The lowest BCUT2D eigenvalue weighted by atomic mass is 10.2.